The summed E-state index contributed by atoms with van der Waals surface area (Å²) in [4.78, 5) is 0. The van der Waals surface area contributed by atoms with Gasteiger partial charge in [0.2, 0.25) is 0 Å². The molecule has 0 aromatic carbocycles. The van der Waals surface area contributed by atoms with Crippen LogP contribution in [0.3, 0.4) is 0 Å². The standard InChI is InChI=1S/C11H20S/c1-8(2)6-9(3)11-5-4-10(11)7-12/h7-11H,4-6H2,1-3H3. The lowest BCUT2D eigenvalue weighted by Crippen LogP contribution is -2.32. The molecule has 0 amide bonds. The quantitative estimate of drug-likeness (QED) is 0.600. The molecule has 3 atom stereocenters. The molecule has 1 saturated carbocycles. The van der Waals surface area contributed by atoms with Gasteiger partial charge in [-0.25, -0.2) is 0 Å². The highest BCUT2D eigenvalue weighted by Gasteiger charge is 2.33. The summed E-state index contributed by atoms with van der Waals surface area (Å²) in [6.45, 7) is 7.00. The van der Waals surface area contributed by atoms with Crippen molar-refractivity contribution in [1.29, 1.82) is 0 Å². The fourth-order valence-electron chi connectivity index (χ4n) is 2.35. The lowest BCUT2D eigenvalue weighted by molar-refractivity contribution is 0.154. The first-order valence-electron chi connectivity index (χ1n) is 5.10. The summed E-state index contributed by atoms with van der Waals surface area (Å²) in [5.74, 6) is 3.38. The molecule has 0 radical (unpaired) electrons. The third kappa shape index (κ3) is 2.29. The first-order chi connectivity index (χ1) is 5.65. The molecule has 1 aliphatic rings. The Bertz CT molecular complexity index is 151. The zero-order valence-electron chi connectivity index (χ0n) is 8.42. The molecule has 1 aliphatic carbocycles. The summed E-state index contributed by atoms with van der Waals surface area (Å²) >= 11 is 5.01. The van der Waals surface area contributed by atoms with Gasteiger partial charge in [0, 0.05) is 0 Å². The number of thiocarbonyl (C=S) groups is 1. The van der Waals surface area contributed by atoms with E-state index in [2.05, 4.69) is 20.8 Å². The SMILES string of the molecule is CC(C)CC(C)C1CCC1C=S. The molecule has 0 nitrogen and oxygen atoms in total. The maximum absolute atomic E-state index is 5.01. The van der Waals surface area contributed by atoms with Gasteiger partial charge in [0.05, 0.1) is 0 Å². The van der Waals surface area contributed by atoms with Crippen molar-refractivity contribution in [3.8, 4) is 0 Å². The molecule has 0 aromatic rings. The van der Waals surface area contributed by atoms with Gasteiger partial charge < -0.3 is 0 Å². The van der Waals surface area contributed by atoms with Crippen LogP contribution in [0.25, 0.3) is 0 Å². The molecule has 0 saturated heterocycles. The summed E-state index contributed by atoms with van der Waals surface area (Å²) in [7, 11) is 0. The van der Waals surface area contributed by atoms with Crippen LogP contribution in [0.2, 0.25) is 0 Å². The number of hydrogen-bond acceptors (Lipinski definition) is 1. The smallest absolute Gasteiger partial charge is 0.00975 e. The van der Waals surface area contributed by atoms with Gasteiger partial charge in [0.15, 0.2) is 0 Å². The lowest BCUT2D eigenvalue weighted by Gasteiger charge is -2.39. The zero-order valence-corrected chi connectivity index (χ0v) is 9.23. The summed E-state index contributed by atoms with van der Waals surface area (Å²) < 4.78 is 0. The molecule has 1 fully saturated rings. The summed E-state index contributed by atoms with van der Waals surface area (Å²) in [5, 5.41) is 1.99. The van der Waals surface area contributed by atoms with E-state index in [1.54, 1.807) is 0 Å². The third-order valence-electron chi connectivity index (χ3n) is 3.13. The maximum Gasteiger partial charge on any atom is -0.00975 e. The van der Waals surface area contributed by atoms with Gasteiger partial charge in [0.1, 0.15) is 0 Å². The van der Waals surface area contributed by atoms with Crippen molar-refractivity contribution in [2.45, 2.75) is 40.0 Å². The molecule has 0 aromatic heterocycles. The predicted octanol–water partition coefficient (Wildman–Crippen LogP) is 3.69. The Morgan fingerprint density at radius 1 is 1.33 bits per heavy atom. The fraction of sp³-hybridized carbons (Fsp3) is 0.909. The molecule has 0 aliphatic heterocycles. The Labute approximate surface area is 81.7 Å². The second-order valence-electron chi connectivity index (χ2n) is 4.65. The van der Waals surface area contributed by atoms with Crippen molar-refractivity contribution in [2.24, 2.45) is 23.7 Å². The van der Waals surface area contributed by atoms with Gasteiger partial charge in [-0.3, -0.25) is 0 Å². The Hall–Kier alpha value is 0.0900. The van der Waals surface area contributed by atoms with E-state index in [1.165, 1.54) is 19.3 Å². The van der Waals surface area contributed by atoms with Crippen molar-refractivity contribution >= 4 is 17.6 Å². The van der Waals surface area contributed by atoms with Crippen LogP contribution in [0.4, 0.5) is 0 Å². The van der Waals surface area contributed by atoms with Crippen LogP contribution >= 0.6 is 12.2 Å². The van der Waals surface area contributed by atoms with Crippen molar-refractivity contribution in [3.63, 3.8) is 0 Å². The van der Waals surface area contributed by atoms with E-state index in [4.69, 9.17) is 12.2 Å². The molecule has 12 heavy (non-hydrogen) atoms. The highest BCUT2D eigenvalue weighted by atomic mass is 32.1. The minimum absolute atomic E-state index is 0.758. The molecule has 70 valence electrons. The molecule has 0 heterocycles. The Morgan fingerprint density at radius 2 is 2.00 bits per heavy atom. The lowest BCUT2D eigenvalue weighted by atomic mass is 9.67. The Morgan fingerprint density at radius 3 is 2.33 bits per heavy atom. The summed E-state index contributed by atoms with van der Waals surface area (Å²) in [6.07, 6.45) is 4.12. The van der Waals surface area contributed by atoms with E-state index < -0.39 is 0 Å². The van der Waals surface area contributed by atoms with E-state index in [1.807, 2.05) is 5.37 Å². The largest absolute Gasteiger partial charge is 0.0932 e. The van der Waals surface area contributed by atoms with Crippen LogP contribution in [0, 0.1) is 23.7 Å². The van der Waals surface area contributed by atoms with Gasteiger partial charge >= 0.3 is 0 Å². The molecule has 0 spiro atoms. The molecule has 0 bridgehead atoms. The van der Waals surface area contributed by atoms with Crippen LogP contribution in [0.15, 0.2) is 0 Å². The van der Waals surface area contributed by atoms with E-state index in [0.29, 0.717) is 0 Å². The topological polar surface area (TPSA) is 0 Å². The highest BCUT2D eigenvalue weighted by Crippen LogP contribution is 2.40. The number of rotatable bonds is 4. The van der Waals surface area contributed by atoms with Gasteiger partial charge in [-0.1, -0.05) is 33.0 Å². The average Bonchev–Trinajstić information content (AvgIpc) is 1.83. The first kappa shape index (κ1) is 10.2. The minimum atomic E-state index is 0.758. The van der Waals surface area contributed by atoms with Crippen LogP contribution in [-0.2, 0) is 0 Å². The predicted molar refractivity (Wildman–Crippen MR) is 58.5 cm³/mol. The van der Waals surface area contributed by atoms with Gasteiger partial charge in [-0.05, 0) is 48.3 Å². The summed E-state index contributed by atoms with van der Waals surface area (Å²) in [5.41, 5.74) is 0. The molecule has 1 rings (SSSR count). The molecule has 0 N–H and O–H groups in total. The van der Waals surface area contributed by atoms with Crippen molar-refractivity contribution in [1.82, 2.24) is 0 Å². The second kappa shape index (κ2) is 4.36. The zero-order chi connectivity index (χ0) is 9.14. The fourth-order valence-corrected chi connectivity index (χ4v) is 2.68. The van der Waals surface area contributed by atoms with Crippen molar-refractivity contribution in [3.05, 3.63) is 0 Å². The van der Waals surface area contributed by atoms with E-state index >= 15 is 0 Å². The van der Waals surface area contributed by atoms with Crippen molar-refractivity contribution in [2.75, 3.05) is 0 Å². The molecular formula is C11H20S. The number of hydrogen-bond donors (Lipinski definition) is 0. The van der Waals surface area contributed by atoms with Gasteiger partial charge in [0.25, 0.3) is 0 Å². The van der Waals surface area contributed by atoms with Crippen LogP contribution in [0.5, 0.6) is 0 Å². The van der Waals surface area contributed by atoms with Crippen LogP contribution < -0.4 is 0 Å². The van der Waals surface area contributed by atoms with E-state index in [-0.39, 0.29) is 0 Å². The molecule has 1 heteroatoms. The van der Waals surface area contributed by atoms with Crippen molar-refractivity contribution < 1.29 is 0 Å². The third-order valence-corrected chi connectivity index (χ3v) is 3.48. The van der Waals surface area contributed by atoms with Crippen LogP contribution in [0.1, 0.15) is 40.0 Å². The van der Waals surface area contributed by atoms with E-state index in [0.717, 1.165) is 23.7 Å². The molecule has 3 unspecified atom stereocenters. The molecular weight excluding hydrogens is 164 g/mol. The van der Waals surface area contributed by atoms with Gasteiger partial charge in [-0.15, -0.1) is 0 Å². The maximum atomic E-state index is 5.01. The van der Waals surface area contributed by atoms with Gasteiger partial charge in [-0.2, -0.15) is 0 Å². The highest BCUT2D eigenvalue weighted by molar-refractivity contribution is 7.79. The Kier molecular flexibility index (Phi) is 3.70. The van der Waals surface area contributed by atoms with Crippen LogP contribution in [-0.4, -0.2) is 5.37 Å². The van der Waals surface area contributed by atoms with E-state index in [9.17, 15) is 0 Å². The Balaban J connectivity index is 2.32. The second-order valence-corrected chi connectivity index (χ2v) is 4.92. The minimum Gasteiger partial charge on any atom is -0.0932 e. The monoisotopic (exact) mass is 184 g/mol. The summed E-state index contributed by atoms with van der Waals surface area (Å²) in [6, 6.07) is 0. The first-order valence-corrected chi connectivity index (χ1v) is 5.57. The normalized spacial score (nSPS) is 31.3. The average molecular weight is 184 g/mol.